The molecule has 3 aliphatic heterocycles. The summed E-state index contributed by atoms with van der Waals surface area (Å²) < 4.78 is 29.0. The predicted molar refractivity (Wildman–Crippen MR) is 172 cm³/mol. The third kappa shape index (κ3) is 7.36. The summed E-state index contributed by atoms with van der Waals surface area (Å²) in [7, 11) is 8.07. The van der Waals surface area contributed by atoms with Gasteiger partial charge in [-0.2, -0.15) is 0 Å². The average molecular weight is 664 g/mol. The van der Waals surface area contributed by atoms with Gasteiger partial charge in [-0.25, -0.2) is 4.79 Å². The molecule has 0 saturated carbocycles. The molecule has 4 rings (SSSR count). The quantitative estimate of drug-likeness (QED) is 0.355. The molecule has 0 aromatic heterocycles. The molecule has 2 fully saturated rings. The second kappa shape index (κ2) is 13.9. The van der Waals surface area contributed by atoms with E-state index in [1.54, 1.807) is 52.0 Å². The maximum atomic E-state index is 13.9. The van der Waals surface area contributed by atoms with Crippen LogP contribution >= 0.6 is 11.6 Å². The summed E-state index contributed by atoms with van der Waals surface area (Å²) in [6.45, 7) is 7.25. The summed E-state index contributed by atoms with van der Waals surface area (Å²) in [5, 5.41) is 14.4. The number of epoxide rings is 1. The van der Waals surface area contributed by atoms with Crippen LogP contribution in [-0.4, -0.2) is 105 Å². The fraction of sp³-hybridized carbons (Fsp3) is 0.606. The highest BCUT2D eigenvalue weighted by Crippen LogP contribution is 2.49. The molecule has 13 heteroatoms. The standard InChI is InChI=1S/C33H46ClN3O9/c1-18-11-10-12-25(43-9)33(41)17-24(44-31(40)35-33)19(2)29-32(4,46-29)26(45-30(39)20(3)36(5)6)16-27(38)37(7)22-14-21(13-18)15-23(42-8)28(22)34/h10-12,14-15,19-20,24-26,29,41H,13,16-17H2,1-9H3,(H,35,40)/b12-10+,18-11+. The summed E-state index contributed by atoms with van der Waals surface area (Å²) in [4.78, 5) is 43.0. The number of hydrogen-bond donors (Lipinski definition) is 2. The molecule has 3 aliphatic rings. The van der Waals surface area contributed by atoms with Crippen molar-refractivity contribution in [2.24, 2.45) is 5.92 Å². The third-order valence-corrected chi connectivity index (χ3v) is 9.70. The molecule has 0 radical (unpaired) electrons. The van der Waals surface area contributed by atoms with Crippen LogP contribution in [0.4, 0.5) is 10.5 Å². The number of ether oxygens (including phenoxy) is 5. The van der Waals surface area contributed by atoms with Gasteiger partial charge in [0.15, 0.2) is 5.72 Å². The van der Waals surface area contributed by atoms with Crippen LogP contribution in [0, 0.1) is 5.92 Å². The lowest BCUT2D eigenvalue weighted by Crippen LogP contribution is -2.63. The predicted octanol–water partition coefficient (Wildman–Crippen LogP) is 3.62. The Morgan fingerprint density at radius 1 is 1.26 bits per heavy atom. The third-order valence-electron chi connectivity index (χ3n) is 9.32. The summed E-state index contributed by atoms with van der Waals surface area (Å²) in [5.74, 6) is -0.933. The molecule has 8 atom stereocenters. The lowest BCUT2D eigenvalue weighted by molar-refractivity contribution is -0.158. The summed E-state index contributed by atoms with van der Waals surface area (Å²) in [6.07, 6.45) is 1.53. The first-order valence-corrected chi connectivity index (χ1v) is 15.7. The number of hydrogen-bond acceptors (Lipinski definition) is 10. The van der Waals surface area contributed by atoms with Crippen LogP contribution in [0.1, 0.15) is 46.1 Å². The van der Waals surface area contributed by atoms with Gasteiger partial charge in [0.05, 0.1) is 25.3 Å². The van der Waals surface area contributed by atoms with E-state index < -0.39 is 59.8 Å². The van der Waals surface area contributed by atoms with Crippen LogP contribution in [0.15, 0.2) is 35.9 Å². The van der Waals surface area contributed by atoms with E-state index in [4.69, 9.17) is 35.3 Å². The minimum absolute atomic E-state index is 0.00466. The number of carbonyl (C=O) groups excluding carboxylic acids is 3. The van der Waals surface area contributed by atoms with Gasteiger partial charge in [-0.3, -0.25) is 19.8 Å². The van der Waals surface area contributed by atoms with Crippen molar-refractivity contribution in [2.45, 2.75) is 88.7 Å². The average Bonchev–Trinajstić information content (AvgIpc) is 3.69. The number of aliphatic hydroxyl groups is 1. The molecule has 1 aromatic rings. The smallest absolute Gasteiger partial charge is 0.409 e. The van der Waals surface area contributed by atoms with Gasteiger partial charge in [0.1, 0.15) is 40.7 Å². The summed E-state index contributed by atoms with van der Waals surface area (Å²) in [6, 6.07) is 3.04. The molecule has 1 aromatic carbocycles. The number of alkyl carbamates (subject to hydrolysis) is 1. The molecule has 0 spiro atoms. The van der Waals surface area contributed by atoms with Crippen molar-refractivity contribution in [3.63, 3.8) is 0 Å². The second-order valence-corrected chi connectivity index (χ2v) is 13.2. The van der Waals surface area contributed by atoms with Gasteiger partial charge in [0.2, 0.25) is 5.91 Å². The fourth-order valence-electron chi connectivity index (χ4n) is 6.05. The molecule has 254 valence electrons. The van der Waals surface area contributed by atoms with Gasteiger partial charge in [-0.05, 0) is 59.0 Å². The number of nitrogens with zero attached hydrogens (tertiary/aromatic N) is 2. The monoisotopic (exact) mass is 663 g/mol. The highest BCUT2D eigenvalue weighted by molar-refractivity contribution is 6.35. The zero-order valence-corrected chi connectivity index (χ0v) is 28.7. The van der Waals surface area contributed by atoms with Gasteiger partial charge in [0, 0.05) is 26.5 Å². The first-order valence-electron chi connectivity index (χ1n) is 15.3. The number of esters is 1. The Kier molecular flexibility index (Phi) is 10.8. The summed E-state index contributed by atoms with van der Waals surface area (Å²) >= 11 is 6.71. The zero-order chi connectivity index (χ0) is 34.1. The van der Waals surface area contributed by atoms with Crippen LogP contribution in [0.3, 0.4) is 0 Å². The fourth-order valence-corrected chi connectivity index (χ4v) is 6.37. The molecule has 2 N–H and O–H groups in total. The number of fused-ring (bicyclic) bond motifs is 5. The Bertz CT molecular complexity index is 1400. The van der Waals surface area contributed by atoms with E-state index in [0.29, 0.717) is 17.9 Å². The Morgan fingerprint density at radius 3 is 2.59 bits per heavy atom. The molecular formula is C33H46ClN3O9. The van der Waals surface area contributed by atoms with E-state index in [1.165, 1.54) is 19.1 Å². The largest absolute Gasteiger partial charge is 0.495 e. The minimum atomic E-state index is -1.78. The molecule has 12 nitrogen and oxygen atoms in total. The van der Waals surface area contributed by atoms with Crippen molar-refractivity contribution in [1.82, 2.24) is 10.2 Å². The van der Waals surface area contributed by atoms with E-state index in [1.807, 2.05) is 32.1 Å². The number of halogens is 1. The number of allylic oxidation sites excluding steroid dienone is 3. The van der Waals surface area contributed by atoms with Crippen LogP contribution in [0.5, 0.6) is 5.75 Å². The van der Waals surface area contributed by atoms with Crippen LogP contribution in [0.25, 0.3) is 0 Å². The molecule has 3 heterocycles. The number of anilines is 1. The van der Waals surface area contributed by atoms with Crippen molar-refractivity contribution in [3.8, 4) is 5.75 Å². The number of benzene rings is 1. The van der Waals surface area contributed by atoms with E-state index in [-0.39, 0.29) is 23.8 Å². The van der Waals surface area contributed by atoms with Gasteiger partial charge in [-0.1, -0.05) is 42.3 Å². The van der Waals surface area contributed by atoms with Gasteiger partial charge in [0.25, 0.3) is 0 Å². The van der Waals surface area contributed by atoms with Crippen molar-refractivity contribution in [2.75, 3.05) is 40.3 Å². The molecule has 8 unspecified atom stereocenters. The van der Waals surface area contributed by atoms with E-state index >= 15 is 0 Å². The molecule has 46 heavy (non-hydrogen) atoms. The Labute approximate surface area is 275 Å². The Hall–Kier alpha value is -3.16. The highest BCUT2D eigenvalue weighted by atomic mass is 35.5. The molecule has 4 bridgehead atoms. The number of nitrogens with one attached hydrogen (secondary N) is 1. The topological polar surface area (TPSA) is 139 Å². The van der Waals surface area contributed by atoms with E-state index in [2.05, 4.69) is 5.32 Å². The highest BCUT2D eigenvalue weighted by Gasteiger charge is 2.64. The van der Waals surface area contributed by atoms with Crippen LogP contribution in [-0.2, 0) is 35.0 Å². The van der Waals surface area contributed by atoms with Crippen LogP contribution < -0.4 is 15.0 Å². The number of likely N-dealkylation sites (N-methyl/N-ethyl adjacent to an activating group) is 1. The van der Waals surface area contributed by atoms with Gasteiger partial charge >= 0.3 is 12.1 Å². The molecule has 2 amide bonds. The van der Waals surface area contributed by atoms with Crippen molar-refractivity contribution in [1.29, 1.82) is 0 Å². The Balaban J connectivity index is 1.80. The first kappa shape index (κ1) is 35.7. The Morgan fingerprint density at radius 2 is 1.96 bits per heavy atom. The number of carbonyl (C=O) groups is 3. The molecule has 2 saturated heterocycles. The maximum absolute atomic E-state index is 13.9. The second-order valence-electron chi connectivity index (χ2n) is 12.9. The van der Waals surface area contributed by atoms with E-state index in [0.717, 1.165) is 11.1 Å². The summed E-state index contributed by atoms with van der Waals surface area (Å²) in [5.41, 5.74) is -0.642. The minimum Gasteiger partial charge on any atom is -0.495 e. The van der Waals surface area contributed by atoms with Gasteiger partial charge < -0.3 is 33.7 Å². The molecular weight excluding hydrogens is 618 g/mol. The molecule has 0 aliphatic carbocycles. The van der Waals surface area contributed by atoms with Crippen molar-refractivity contribution < 1.29 is 43.2 Å². The van der Waals surface area contributed by atoms with Crippen molar-refractivity contribution >= 4 is 35.3 Å². The normalized spacial score (nSPS) is 34.4. The number of rotatable bonds is 5. The number of amides is 2. The van der Waals surface area contributed by atoms with Gasteiger partial charge in [-0.15, -0.1) is 0 Å². The first-order chi connectivity index (χ1) is 21.5. The maximum Gasteiger partial charge on any atom is 0.409 e. The lowest BCUT2D eigenvalue weighted by atomic mass is 9.83. The van der Waals surface area contributed by atoms with Crippen molar-refractivity contribution in [3.05, 3.63) is 46.5 Å². The SMILES string of the molecule is COc1cc2cc(c1Cl)N(C)C(=O)CC(OC(=O)C(C)N(C)C)C1(C)OC1C(C)C1CC(O)(NC(=O)O1)C(OC)/C=C/C=C(\C)C2. The lowest BCUT2D eigenvalue weighted by Gasteiger charge is -2.42. The number of methoxy groups -OCH3 is 2. The van der Waals surface area contributed by atoms with Crippen LogP contribution in [0.2, 0.25) is 5.02 Å². The van der Waals surface area contributed by atoms with E-state index in [9.17, 15) is 19.5 Å². The zero-order valence-electron chi connectivity index (χ0n) is 28.0.